The Balaban J connectivity index is 1.58. The van der Waals surface area contributed by atoms with Crippen molar-refractivity contribution in [2.24, 2.45) is 0 Å². The summed E-state index contributed by atoms with van der Waals surface area (Å²) in [7, 11) is 0. The van der Waals surface area contributed by atoms with Crippen LogP contribution in [0, 0.1) is 0 Å². The molecule has 0 saturated heterocycles. The molecule has 0 unspecified atom stereocenters. The molecule has 2 aromatic heterocycles. The summed E-state index contributed by atoms with van der Waals surface area (Å²) in [5, 5.41) is 0.279. The zero-order valence-electron chi connectivity index (χ0n) is 35.4. The molecule has 40 heavy (non-hydrogen) atoms. The molecule has 0 aliphatic heterocycles. The van der Waals surface area contributed by atoms with Gasteiger partial charge in [-0.15, -0.1) is 0 Å². The lowest BCUT2D eigenvalue weighted by Crippen LogP contribution is -1.91. The molecular weight excluding hydrogens is 488 g/mol. The van der Waals surface area contributed by atoms with Gasteiger partial charge in [-0.3, -0.25) is 0 Å². The van der Waals surface area contributed by atoms with Crippen molar-refractivity contribution in [2.75, 3.05) is 0 Å². The molecule has 2 heteroatoms. The van der Waals surface area contributed by atoms with Gasteiger partial charge in [-0.1, -0.05) is 103 Å². The lowest BCUT2D eigenvalue weighted by atomic mass is 9.84. The molecule has 0 atom stereocenters. The molecule has 0 saturated carbocycles. The second-order valence-electron chi connectivity index (χ2n) is 9.34. The number of fused-ring (bicyclic) bond motifs is 8. The predicted octanol–water partition coefficient (Wildman–Crippen LogP) is 11.1. The molecule has 0 radical (unpaired) electrons. The van der Waals surface area contributed by atoms with Crippen molar-refractivity contribution in [3.05, 3.63) is 133 Å². The van der Waals surface area contributed by atoms with Gasteiger partial charge in [-0.25, -0.2) is 0 Å². The van der Waals surface area contributed by atoms with Gasteiger partial charge in [0.05, 0.1) is 26.8 Å². The van der Waals surface area contributed by atoms with Crippen molar-refractivity contribution in [1.82, 2.24) is 0 Å². The summed E-state index contributed by atoms with van der Waals surface area (Å²) in [5.41, 5.74) is 0.707. The minimum Gasteiger partial charge on any atom is -0.460 e. The molecule has 0 spiro atoms. The average Bonchev–Trinajstić information content (AvgIpc) is 3.81. The van der Waals surface area contributed by atoms with Crippen LogP contribution in [0.2, 0.25) is 0 Å². The lowest BCUT2D eigenvalue weighted by molar-refractivity contribution is 0.600. The molecular formula is C38H22O2. The van der Waals surface area contributed by atoms with Crippen LogP contribution in [0.4, 0.5) is 0 Å². The Morgan fingerprint density at radius 1 is 0.475 bits per heavy atom. The molecule has 0 aliphatic rings. The summed E-state index contributed by atoms with van der Waals surface area (Å²) < 4.78 is 145. The highest BCUT2D eigenvalue weighted by atomic mass is 16.4. The normalized spacial score (nSPS) is 17.2. The Bertz CT molecular complexity index is 3180. The molecule has 9 aromatic rings. The highest BCUT2D eigenvalue weighted by Crippen LogP contribution is 2.46. The molecule has 7 aromatic carbocycles. The van der Waals surface area contributed by atoms with E-state index >= 15 is 0 Å². The van der Waals surface area contributed by atoms with Crippen LogP contribution in [0.5, 0.6) is 0 Å². The SMILES string of the molecule is [2H]c1c([2H])c([2H])c2c(-c3c4c([2H])c([2H])c([2H])c([2H])c4c(-c4ccc5c(c4)oc4c5ccc5ccoc54)c4c([2H])c([2H])c([2H])c([2H])c34)c([2H])c([2H])c([2H])c2c1[2H]. The van der Waals surface area contributed by atoms with E-state index in [2.05, 4.69) is 0 Å². The van der Waals surface area contributed by atoms with E-state index in [9.17, 15) is 6.85 Å². The van der Waals surface area contributed by atoms with Crippen LogP contribution in [0.1, 0.15) is 20.6 Å². The average molecular weight is 526 g/mol. The van der Waals surface area contributed by atoms with E-state index in [-0.39, 0.29) is 38.2 Å². The van der Waals surface area contributed by atoms with Crippen molar-refractivity contribution in [3.8, 4) is 22.3 Å². The maximum Gasteiger partial charge on any atom is 0.178 e. The minimum absolute atomic E-state index is 0.0146. The van der Waals surface area contributed by atoms with E-state index in [0.717, 1.165) is 10.8 Å². The van der Waals surface area contributed by atoms with E-state index in [1.807, 2.05) is 12.1 Å². The van der Waals surface area contributed by atoms with E-state index in [0.29, 0.717) is 22.1 Å². The zero-order valence-corrected chi connectivity index (χ0v) is 20.4. The van der Waals surface area contributed by atoms with Gasteiger partial charge in [-0.2, -0.15) is 0 Å². The molecule has 9 rings (SSSR count). The zero-order chi connectivity index (χ0) is 39.3. The van der Waals surface area contributed by atoms with Gasteiger partial charge in [0.25, 0.3) is 0 Å². The molecule has 0 aliphatic carbocycles. The van der Waals surface area contributed by atoms with Crippen molar-refractivity contribution in [3.63, 3.8) is 0 Å². The first-order chi connectivity index (χ1) is 26.1. The molecule has 2 nitrogen and oxygen atoms in total. The van der Waals surface area contributed by atoms with Gasteiger partial charge in [0.1, 0.15) is 5.58 Å². The van der Waals surface area contributed by atoms with Crippen LogP contribution in [-0.2, 0) is 0 Å². The first-order valence-corrected chi connectivity index (χ1v) is 12.4. The number of rotatable bonds is 2. The smallest absolute Gasteiger partial charge is 0.178 e. The van der Waals surface area contributed by atoms with Crippen LogP contribution in [0.15, 0.2) is 142 Å². The fourth-order valence-electron chi connectivity index (χ4n) is 5.58. The fourth-order valence-corrected chi connectivity index (χ4v) is 5.58. The number of hydrogen-bond donors (Lipinski definition) is 0. The third kappa shape index (κ3) is 2.93. The summed E-state index contributed by atoms with van der Waals surface area (Å²) in [6.07, 6.45) is 1.53. The first kappa shape index (κ1) is 11.8. The Labute approximate surface area is 250 Å². The lowest BCUT2D eigenvalue weighted by Gasteiger charge is -2.18. The quantitative estimate of drug-likeness (QED) is 0.210. The van der Waals surface area contributed by atoms with E-state index in [1.54, 1.807) is 24.3 Å². The fraction of sp³-hybridized carbons (Fsp3) is 0. The molecule has 0 bridgehead atoms. The number of benzene rings is 7. The summed E-state index contributed by atoms with van der Waals surface area (Å²) in [4.78, 5) is 0. The molecule has 0 N–H and O–H groups in total. The minimum atomic E-state index is -0.763. The van der Waals surface area contributed by atoms with E-state index in [1.165, 1.54) is 6.26 Å². The van der Waals surface area contributed by atoms with Crippen LogP contribution < -0.4 is 0 Å². The third-order valence-corrected chi connectivity index (χ3v) is 7.29. The van der Waals surface area contributed by atoms with Crippen LogP contribution >= 0.6 is 0 Å². The van der Waals surface area contributed by atoms with Gasteiger partial charge < -0.3 is 8.83 Å². The number of hydrogen-bond acceptors (Lipinski definition) is 2. The van der Waals surface area contributed by atoms with Gasteiger partial charge in [-0.05, 0) is 78.8 Å². The van der Waals surface area contributed by atoms with Crippen molar-refractivity contribution in [1.29, 1.82) is 0 Å². The topological polar surface area (TPSA) is 26.3 Å². The largest absolute Gasteiger partial charge is 0.460 e. The number of furan rings is 2. The van der Waals surface area contributed by atoms with Crippen LogP contribution in [0.3, 0.4) is 0 Å². The van der Waals surface area contributed by atoms with Crippen LogP contribution in [0.25, 0.3) is 87.5 Å². The van der Waals surface area contributed by atoms with Gasteiger partial charge in [0.2, 0.25) is 0 Å². The second kappa shape index (κ2) is 8.08. The summed E-state index contributed by atoms with van der Waals surface area (Å²) in [5.74, 6) is 0. The van der Waals surface area contributed by atoms with Crippen molar-refractivity contribution in [2.45, 2.75) is 0 Å². The molecule has 2 heterocycles. The monoisotopic (exact) mass is 525 g/mol. The second-order valence-corrected chi connectivity index (χ2v) is 9.34. The summed E-state index contributed by atoms with van der Waals surface area (Å²) in [6.45, 7) is 0. The first-order valence-electron chi connectivity index (χ1n) is 19.9. The maximum atomic E-state index is 9.27. The molecule has 0 amide bonds. The van der Waals surface area contributed by atoms with Gasteiger partial charge in [0, 0.05) is 16.2 Å². The summed E-state index contributed by atoms with van der Waals surface area (Å²) in [6, 6.07) is 0.140. The Kier molecular flexibility index (Phi) is 2.39. The highest BCUT2D eigenvalue weighted by Gasteiger charge is 2.19. The standard InChI is InChI=1S/C38H22O2/c1-2-10-26-23(8-1)9-7-15-28(26)36-31-13-5-3-11-29(31)35(30-12-4-6-14-32(30)36)25-17-18-27-33-19-16-24-20-21-39-37(24)38(33)40-34(27)22-25/h1-22H/i1D,2D,3D,4D,5D,6D,7D,8D,9D,10D,11D,12D,13D,14D,15D. The Hall–Kier alpha value is -5.34. The van der Waals surface area contributed by atoms with Gasteiger partial charge in [0.15, 0.2) is 11.2 Å². The van der Waals surface area contributed by atoms with Crippen molar-refractivity contribution < 1.29 is 29.4 Å². The Morgan fingerprint density at radius 3 is 1.90 bits per heavy atom. The highest BCUT2D eigenvalue weighted by molar-refractivity contribution is 6.24. The molecule has 186 valence electrons. The van der Waals surface area contributed by atoms with Crippen molar-refractivity contribution >= 4 is 65.2 Å². The van der Waals surface area contributed by atoms with E-state index in [4.69, 9.17) is 22.5 Å². The maximum absolute atomic E-state index is 9.27. The summed E-state index contributed by atoms with van der Waals surface area (Å²) >= 11 is 0. The third-order valence-electron chi connectivity index (χ3n) is 7.29. The Morgan fingerprint density at radius 2 is 1.12 bits per heavy atom. The van der Waals surface area contributed by atoms with E-state index < -0.39 is 107 Å². The van der Waals surface area contributed by atoms with Crippen LogP contribution in [-0.4, -0.2) is 0 Å². The predicted molar refractivity (Wildman–Crippen MR) is 167 cm³/mol. The molecule has 0 fully saturated rings. The van der Waals surface area contributed by atoms with Gasteiger partial charge >= 0.3 is 0 Å².